The topological polar surface area (TPSA) is 939 Å². The predicted octanol–water partition coefficient (Wildman–Crippen LogP) is 11.1. The Labute approximate surface area is 765 Å². The quantitative estimate of drug-likeness (QED) is 0.0215. The Kier molecular flexibility index (Phi) is 202. The molecular formula is C86H180N28O14. The van der Waals surface area contributed by atoms with Gasteiger partial charge in [0, 0.05) is 94.6 Å². The number of para-hydroxylation sites is 2. The number of hydrogen-bond acceptors (Lipinski definition) is 32. The van der Waals surface area contributed by atoms with E-state index < -0.39 is 12.1 Å². The van der Waals surface area contributed by atoms with Crippen LogP contribution in [0.1, 0.15) is 159 Å². The van der Waals surface area contributed by atoms with E-state index in [4.69, 9.17) is 70.9 Å². The van der Waals surface area contributed by atoms with Crippen molar-refractivity contribution in [2.45, 2.75) is 177 Å². The van der Waals surface area contributed by atoms with Gasteiger partial charge in [-0.05, 0) is 136 Å². The van der Waals surface area contributed by atoms with Gasteiger partial charge in [-0.2, -0.15) is 0 Å². The summed E-state index contributed by atoms with van der Waals surface area (Å²) in [5.41, 5.74) is 30.5. The number of aliphatic imine (C=N–C) groups is 2. The van der Waals surface area contributed by atoms with Crippen molar-refractivity contribution in [2.24, 2.45) is 32.9 Å². The maximum atomic E-state index is 11.5. The molecule has 5 aromatic carbocycles. The molecule has 0 bridgehead atoms. The molecule has 10 rings (SSSR count). The first kappa shape index (κ1) is 177. The molecule has 42 nitrogen and oxygen atoms in total. The summed E-state index contributed by atoms with van der Waals surface area (Å²) in [5.74, 6) is -0.385. The first-order valence-corrected chi connectivity index (χ1v) is 37.4. The average Bonchev–Trinajstić information content (AvgIpc) is 1.70. The van der Waals surface area contributed by atoms with E-state index in [1.165, 1.54) is 135 Å². The summed E-state index contributed by atoms with van der Waals surface area (Å²) < 4.78 is 0. The summed E-state index contributed by atoms with van der Waals surface area (Å²) in [5, 5.41) is 22.8. The van der Waals surface area contributed by atoms with E-state index in [0.717, 1.165) is 75.8 Å². The molecule has 3 aliphatic rings. The summed E-state index contributed by atoms with van der Waals surface area (Å²) in [7, 11) is 3.12. The van der Waals surface area contributed by atoms with Gasteiger partial charge in [0.25, 0.3) is 0 Å². The second kappa shape index (κ2) is 146. The molecule has 0 aliphatic carbocycles. The molecule has 0 radical (unpaired) electrons. The maximum absolute atomic E-state index is 11.5. The van der Waals surface area contributed by atoms with Crippen LogP contribution in [0.2, 0.25) is 0 Å². The number of likely N-dealkylation sites (N-methyl/N-ethyl adjacent to an activating group) is 2. The fourth-order valence-electron chi connectivity index (χ4n) is 9.56. The van der Waals surface area contributed by atoms with Crippen LogP contribution in [0, 0.1) is 0 Å². The molecule has 2 aromatic heterocycles. The number of aryl methyl sites for hydroxylation is 2. The summed E-state index contributed by atoms with van der Waals surface area (Å²) in [4.78, 5) is 139. The summed E-state index contributed by atoms with van der Waals surface area (Å²) in [6, 6.07) is 43.6. The molecular weight excluding hydrogens is 1650 g/mol. The Morgan fingerprint density at radius 2 is 0.625 bits per heavy atom. The van der Waals surface area contributed by atoms with Crippen molar-refractivity contribution in [1.82, 2.24) is 127 Å². The number of H-pyrrole nitrogens is 2. The van der Waals surface area contributed by atoms with Crippen LogP contribution in [0.25, 0.3) is 21.8 Å². The summed E-state index contributed by atoms with van der Waals surface area (Å²) in [6.45, 7) is 44.5. The van der Waals surface area contributed by atoms with Gasteiger partial charge in [-0.15, -0.1) is 0 Å². The van der Waals surface area contributed by atoms with E-state index in [2.05, 4.69) is 184 Å². The molecule has 7 aromatic rings. The molecule has 5 heterocycles. The van der Waals surface area contributed by atoms with Crippen molar-refractivity contribution in [2.75, 3.05) is 59.9 Å². The largest absolute Gasteiger partial charge is 0.370 e. The van der Waals surface area contributed by atoms with Crippen molar-refractivity contribution in [3.63, 3.8) is 0 Å². The zero-order chi connectivity index (χ0) is 90.1. The van der Waals surface area contributed by atoms with Crippen molar-refractivity contribution in [3.05, 3.63) is 179 Å². The fraction of sp³-hybridized carbons (Fsp3) is 0.419. The number of fused-ring (bicyclic) bond motifs is 3. The number of benzene rings is 5. The monoisotopic (exact) mass is 1830 g/mol. The smallest absolute Gasteiger partial charge is 0.242 e. The highest BCUT2D eigenvalue weighted by Gasteiger charge is 2.19. The van der Waals surface area contributed by atoms with Crippen molar-refractivity contribution >= 4 is 125 Å². The number of nitrogens with zero attached hydrogens (tertiary/aromatic N) is 2. The second-order valence-corrected chi connectivity index (χ2v) is 22.8. The Morgan fingerprint density at radius 1 is 0.359 bits per heavy atom. The van der Waals surface area contributed by atoms with Crippen LogP contribution >= 0.6 is 0 Å². The molecule has 2 atom stereocenters. The first-order valence-electron chi connectivity index (χ1n) is 37.4. The van der Waals surface area contributed by atoms with Gasteiger partial charge in [0.1, 0.15) is 80.0 Å². The van der Waals surface area contributed by atoms with Crippen LogP contribution in [0.5, 0.6) is 0 Å². The summed E-state index contributed by atoms with van der Waals surface area (Å²) >= 11 is 0. The van der Waals surface area contributed by atoms with Gasteiger partial charge in [0.05, 0.1) is 0 Å². The lowest BCUT2D eigenvalue weighted by molar-refractivity contribution is -0.127. The van der Waals surface area contributed by atoms with Gasteiger partial charge < -0.3 is 198 Å². The zero-order valence-electron chi connectivity index (χ0n) is 79.7. The number of nitrogens with one attached hydrogen (secondary N) is 9. The molecule has 0 unspecified atom stereocenters. The van der Waals surface area contributed by atoms with Gasteiger partial charge in [0.15, 0.2) is 11.9 Å². The van der Waals surface area contributed by atoms with Crippen LogP contribution in [0.4, 0.5) is 0 Å². The number of nitrogens with two attached hydrogens (primary N) is 4. The molecule has 128 heavy (non-hydrogen) atoms. The molecule has 0 spiro atoms. The number of aromatic nitrogens is 2. The molecule has 748 valence electrons. The minimum Gasteiger partial charge on any atom is -0.370 e. The molecule has 56 N–H and O–H groups in total. The van der Waals surface area contributed by atoms with Gasteiger partial charge in [-0.25, -0.2) is 0 Å². The number of amides is 4. The molecule has 0 saturated carbocycles. The second-order valence-electron chi connectivity index (χ2n) is 22.8. The van der Waals surface area contributed by atoms with E-state index in [1.54, 1.807) is 14.1 Å². The lowest BCUT2D eigenvalue weighted by Crippen LogP contribution is -2.46. The van der Waals surface area contributed by atoms with Crippen LogP contribution in [0.3, 0.4) is 0 Å². The number of aromatic amines is 2. The third kappa shape index (κ3) is 108. The van der Waals surface area contributed by atoms with Crippen molar-refractivity contribution < 1.29 is 67.1 Å². The van der Waals surface area contributed by atoms with E-state index in [-0.39, 0.29) is 116 Å². The highest BCUT2D eigenvalue weighted by atomic mass is 16.2. The van der Waals surface area contributed by atoms with E-state index in [9.17, 15) is 19.2 Å². The lowest BCUT2D eigenvalue weighted by atomic mass is 10.0. The Morgan fingerprint density at radius 3 is 0.852 bits per heavy atom. The SMILES string of the molecule is C1CCNC1.C1CCNC1.C=O.C=O.C=O.C=O.C=O.C=O.C=O.C=O.C=O.C=O.CCCCC.CCCCN=C(N)N.CCCCN=C(N)N.CCc1c[nH]c2ccccc12.CCc1c[nH]c2ccccc12.CNC(=O)[C@H](Cc1ccccc1)NC(C)=O.CNC(=O)[C@H](Cc1ccccc1)NC(C)=O.N.N.N.N.N.N.N.N.N.N.N.N.N.c1ccc2c(c1)CCNC2. The van der Waals surface area contributed by atoms with E-state index in [1.807, 2.05) is 129 Å². The van der Waals surface area contributed by atoms with Gasteiger partial charge in [-0.3, -0.25) is 29.2 Å². The fourth-order valence-corrected chi connectivity index (χ4v) is 9.56. The Balaban J connectivity index is -0.0000000447. The first-order chi connectivity index (χ1) is 56.0. The number of unbranched alkanes of at least 4 members (excludes halogenated alkanes) is 4. The standard InChI is InChI=1S/2C12H16N2O2.2C10H11N.C9H11N.2C5H13N3.C5H12.2C4H9N.10CH2O.13H3N/c2*1-9(15)14-11(12(16)13-2)8-10-6-4-3-5-7-10;2*1-2-8-7-11-10-6-4-3-5-9(8)10;1-2-4-9-7-10-6-5-8(9)3-1;2*1-2-3-4-8-5(6)7;1-3-5-4-2;2*1-2-4-5-3-1;10*1-2;;;;;;;;;;;;;/h2*3-7,11H,8H2,1-2H3,(H,13,16)(H,14,15);2*3-7,11H,2H2,1H3;1-4,10H,5-7H2;2*2-4H2,1H3,(H4,6,7,8);3-5H2,1-2H3;2*5H,1-4H2;10*1H2;13*1H3/t2*11-;;;;;;;;;;;;;;;;;;;;;;;;;;;;;;;/m00.............................../s1. The predicted molar refractivity (Wildman–Crippen MR) is 538 cm³/mol. The van der Waals surface area contributed by atoms with Crippen LogP contribution < -0.4 is 140 Å². The highest BCUT2D eigenvalue weighted by molar-refractivity contribution is 5.88. The minimum absolute atomic E-state index is 0. The number of rotatable bonds is 18. The third-order valence-electron chi connectivity index (χ3n) is 14.8. The van der Waals surface area contributed by atoms with Gasteiger partial charge >= 0.3 is 0 Å². The minimum atomic E-state index is -0.509. The molecule has 2 saturated heterocycles. The number of guanidine groups is 2. The molecule has 2 fully saturated rings. The lowest BCUT2D eigenvalue weighted by Gasteiger charge is -2.16. The van der Waals surface area contributed by atoms with Crippen molar-refractivity contribution in [3.8, 4) is 0 Å². The molecule has 42 heteroatoms. The average molecular weight is 1830 g/mol. The maximum Gasteiger partial charge on any atom is 0.242 e. The van der Waals surface area contributed by atoms with Gasteiger partial charge in [-0.1, -0.05) is 195 Å². The van der Waals surface area contributed by atoms with Crippen LogP contribution in [-0.4, -0.2) is 185 Å². The highest BCUT2D eigenvalue weighted by Crippen LogP contribution is 2.19. The normalized spacial score (nSPS) is 9.61. The number of carbonyl (C=O) groups excluding carboxylic acids is 14. The van der Waals surface area contributed by atoms with Crippen LogP contribution in [0.15, 0.2) is 156 Å². The number of carbonyl (C=O) groups is 14. The third-order valence-corrected chi connectivity index (χ3v) is 14.8. The van der Waals surface area contributed by atoms with Crippen LogP contribution in [-0.2, 0) is 106 Å². The Hall–Kier alpha value is -12.3. The zero-order valence-corrected chi connectivity index (χ0v) is 79.7. The molecule has 3 aliphatic heterocycles. The molecule has 4 amide bonds. The Bertz CT molecular complexity index is 3110. The van der Waals surface area contributed by atoms with E-state index >= 15 is 0 Å². The number of hydrogen-bond donors (Lipinski definition) is 26. The summed E-state index contributed by atoms with van der Waals surface area (Å²) in [6.07, 6.45) is 22.6. The van der Waals surface area contributed by atoms with E-state index in [0.29, 0.717) is 12.8 Å². The van der Waals surface area contributed by atoms with Crippen molar-refractivity contribution in [1.29, 1.82) is 0 Å². The van der Waals surface area contributed by atoms with Gasteiger partial charge in [0.2, 0.25) is 23.6 Å².